The molecular formula is C4H5IMgS. The Morgan fingerprint density at radius 2 is 2.29 bits per heavy atom. The molecule has 7 heavy (non-hydrogen) atoms. The van der Waals surface area contributed by atoms with E-state index >= 15 is 0 Å². The average molecular weight is 236 g/mol. The second-order valence-electron chi connectivity index (χ2n) is 0.942. The van der Waals surface area contributed by atoms with Crippen LogP contribution >= 0.6 is 33.9 Å². The second kappa shape index (κ2) is 4.11. The van der Waals surface area contributed by atoms with Gasteiger partial charge in [-0.1, -0.05) is 0 Å². The molecule has 0 unspecified atom stereocenters. The minimum absolute atomic E-state index is 0. The summed E-state index contributed by atoms with van der Waals surface area (Å²) in [5, 5.41) is 4.18. The van der Waals surface area contributed by atoms with Crippen LogP contribution < -0.4 is 0 Å². The van der Waals surface area contributed by atoms with Gasteiger partial charge in [0.25, 0.3) is 0 Å². The molecule has 0 N–H and O–H groups in total. The van der Waals surface area contributed by atoms with Crippen LogP contribution in [0.2, 0.25) is 0 Å². The first-order chi connectivity index (χ1) is 2.89. The molecule has 0 nitrogen and oxygen atoms in total. The lowest BCUT2D eigenvalue weighted by molar-refractivity contribution is 1.89. The number of thiophene rings is 1. The number of halogens is 1. The fraction of sp³-hybridized carbons (Fsp3) is 0. The van der Waals surface area contributed by atoms with Crippen molar-refractivity contribution in [1.82, 2.24) is 0 Å². The monoisotopic (exact) mass is 236 g/mol. The van der Waals surface area contributed by atoms with E-state index in [-0.39, 0.29) is 23.1 Å². The maximum absolute atomic E-state index is 2.29. The molecule has 0 aromatic carbocycles. The fourth-order valence-electron chi connectivity index (χ4n) is 0.248. The lowest BCUT2D eigenvalue weighted by Gasteiger charge is -1.62. The largest absolute Gasteiger partial charge is 0.316 e. The molecular weight excluding hydrogens is 231 g/mol. The van der Waals surface area contributed by atoms with Crippen LogP contribution in [0.1, 0.15) is 0 Å². The molecule has 36 valence electrons. The van der Waals surface area contributed by atoms with Crippen molar-refractivity contribution in [2.24, 2.45) is 0 Å². The van der Waals surface area contributed by atoms with Gasteiger partial charge in [-0.15, -0.1) is 0 Å². The zero-order valence-corrected chi connectivity index (χ0v) is 5.99. The first-order valence-corrected chi connectivity index (χ1v) is 3.59. The number of hydrogen-bond acceptors (Lipinski definition) is 1. The minimum atomic E-state index is 0. The third kappa shape index (κ3) is 2.89. The molecule has 0 bridgehead atoms. The van der Waals surface area contributed by atoms with Crippen molar-refractivity contribution in [3.8, 4) is 0 Å². The minimum Gasteiger partial charge on any atom is -0.151 e. The van der Waals surface area contributed by atoms with E-state index in [0.717, 1.165) is 0 Å². The van der Waals surface area contributed by atoms with E-state index in [4.69, 9.17) is 0 Å². The van der Waals surface area contributed by atoms with Gasteiger partial charge in [-0.2, -0.15) is 11.3 Å². The number of rotatable bonds is 0. The summed E-state index contributed by atoms with van der Waals surface area (Å²) in [4.78, 5) is 0. The third-order valence-electron chi connectivity index (χ3n) is 0.486. The van der Waals surface area contributed by atoms with Crippen molar-refractivity contribution in [3.63, 3.8) is 0 Å². The first kappa shape index (κ1) is 8.20. The summed E-state index contributed by atoms with van der Waals surface area (Å²) in [7, 11) is 0. The molecule has 0 radical (unpaired) electrons. The van der Waals surface area contributed by atoms with Crippen molar-refractivity contribution >= 4 is 57.0 Å². The molecule has 1 aromatic heterocycles. The van der Waals surface area contributed by atoms with Crippen LogP contribution in [-0.2, 0) is 0 Å². The fourth-order valence-corrected chi connectivity index (χ4v) is 1.62. The third-order valence-corrected chi connectivity index (χ3v) is 2.26. The summed E-state index contributed by atoms with van der Waals surface area (Å²) in [6.07, 6.45) is 0. The quantitative estimate of drug-likeness (QED) is 0.472. The maximum atomic E-state index is 2.29. The van der Waals surface area contributed by atoms with Gasteiger partial charge in [-0.05, 0) is 34.0 Å². The molecule has 0 saturated heterocycles. The van der Waals surface area contributed by atoms with E-state index < -0.39 is 0 Å². The van der Waals surface area contributed by atoms with Crippen molar-refractivity contribution in [1.29, 1.82) is 0 Å². The molecule has 0 fully saturated rings. The van der Waals surface area contributed by atoms with Crippen molar-refractivity contribution < 1.29 is 0 Å². The molecule has 0 aliphatic rings. The average Bonchev–Trinajstić information content (AvgIpc) is 1.86. The Kier molecular flexibility index (Phi) is 4.82. The standard InChI is InChI=1S/C4H3IS.Mg.2H/c5-4-1-2-6-3-4;;;/h1-3H;;;. The summed E-state index contributed by atoms with van der Waals surface area (Å²) in [6.45, 7) is 0. The Hall–Kier alpha value is 1.20. The molecule has 0 amide bonds. The normalized spacial score (nSPS) is 7.57. The Morgan fingerprint density at radius 1 is 1.57 bits per heavy atom. The van der Waals surface area contributed by atoms with Crippen LogP contribution in [-0.4, -0.2) is 23.1 Å². The molecule has 0 aliphatic heterocycles. The van der Waals surface area contributed by atoms with Gasteiger partial charge in [0, 0.05) is 8.95 Å². The van der Waals surface area contributed by atoms with E-state index in [1.165, 1.54) is 3.57 Å². The van der Waals surface area contributed by atoms with Crippen LogP contribution in [0.25, 0.3) is 0 Å². The molecule has 0 atom stereocenters. The smallest absolute Gasteiger partial charge is 0.151 e. The predicted molar refractivity (Wildman–Crippen MR) is 45.6 cm³/mol. The summed E-state index contributed by atoms with van der Waals surface area (Å²) >= 11 is 4.02. The van der Waals surface area contributed by atoms with Gasteiger partial charge in [0.15, 0.2) is 0 Å². The van der Waals surface area contributed by atoms with E-state index in [1.807, 2.05) is 0 Å². The van der Waals surface area contributed by atoms with E-state index in [9.17, 15) is 0 Å². The first-order valence-electron chi connectivity index (χ1n) is 1.57. The highest BCUT2D eigenvalue weighted by Gasteiger charge is 1.76. The van der Waals surface area contributed by atoms with E-state index in [0.29, 0.717) is 0 Å². The van der Waals surface area contributed by atoms with Crippen LogP contribution in [0.5, 0.6) is 0 Å². The summed E-state index contributed by atoms with van der Waals surface area (Å²) in [5.74, 6) is 0. The van der Waals surface area contributed by atoms with Gasteiger partial charge < -0.3 is 0 Å². The summed E-state index contributed by atoms with van der Waals surface area (Å²) in [6, 6.07) is 2.09. The Labute approximate surface area is 76.6 Å². The predicted octanol–water partition coefficient (Wildman–Crippen LogP) is 1.44. The van der Waals surface area contributed by atoms with Gasteiger partial charge in [-0.25, -0.2) is 0 Å². The molecule has 0 aliphatic carbocycles. The SMILES string of the molecule is Ic1ccsc1.[MgH2]. The Morgan fingerprint density at radius 3 is 2.43 bits per heavy atom. The highest BCUT2D eigenvalue weighted by molar-refractivity contribution is 14.1. The van der Waals surface area contributed by atoms with Gasteiger partial charge in [0.1, 0.15) is 0 Å². The van der Waals surface area contributed by atoms with Crippen LogP contribution in [0.3, 0.4) is 0 Å². The second-order valence-corrected chi connectivity index (χ2v) is 2.97. The summed E-state index contributed by atoms with van der Waals surface area (Å²) < 4.78 is 1.33. The lowest BCUT2D eigenvalue weighted by Crippen LogP contribution is -1.43. The van der Waals surface area contributed by atoms with Crippen molar-refractivity contribution in [2.45, 2.75) is 0 Å². The molecule has 0 saturated carbocycles. The van der Waals surface area contributed by atoms with Crippen LogP contribution in [0.4, 0.5) is 0 Å². The molecule has 0 spiro atoms. The van der Waals surface area contributed by atoms with Gasteiger partial charge in [-0.3, -0.25) is 0 Å². The highest BCUT2D eigenvalue weighted by Crippen LogP contribution is 2.06. The maximum Gasteiger partial charge on any atom is 0.316 e. The number of hydrogen-bond donors (Lipinski definition) is 0. The topological polar surface area (TPSA) is 0 Å². The van der Waals surface area contributed by atoms with E-state index in [1.54, 1.807) is 11.3 Å². The molecule has 1 heterocycles. The zero-order chi connectivity index (χ0) is 4.41. The van der Waals surface area contributed by atoms with E-state index in [2.05, 4.69) is 39.4 Å². The van der Waals surface area contributed by atoms with Gasteiger partial charge in [0.05, 0.1) is 0 Å². The van der Waals surface area contributed by atoms with Gasteiger partial charge in [0.2, 0.25) is 0 Å². The van der Waals surface area contributed by atoms with Crippen LogP contribution in [0.15, 0.2) is 16.8 Å². The van der Waals surface area contributed by atoms with Crippen molar-refractivity contribution in [2.75, 3.05) is 0 Å². The molecule has 3 heteroatoms. The Balaban J connectivity index is 0.000000360. The summed E-state index contributed by atoms with van der Waals surface area (Å²) in [5.41, 5.74) is 0. The van der Waals surface area contributed by atoms with Crippen LogP contribution in [0, 0.1) is 3.57 Å². The Bertz CT molecular complexity index is 115. The highest BCUT2D eigenvalue weighted by atomic mass is 127. The lowest BCUT2D eigenvalue weighted by atomic mass is 10.7. The van der Waals surface area contributed by atoms with Gasteiger partial charge >= 0.3 is 23.1 Å². The zero-order valence-electron chi connectivity index (χ0n) is 3.02. The molecule has 1 aromatic rings. The van der Waals surface area contributed by atoms with Crippen molar-refractivity contribution in [3.05, 3.63) is 20.4 Å². The molecule has 1 rings (SSSR count).